The van der Waals surface area contributed by atoms with Crippen molar-refractivity contribution in [3.05, 3.63) is 75.8 Å². The van der Waals surface area contributed by atoms with E-state index in [1.54, 1.807) is 18.2 Å². The van der Waals surface area contributed by atoms with E-state index in [-0.39, 0.29) is 23.6 Å². The molecule has 3 aromatic rings. The number of H-pyrrole nitrogens is 1. The Labute approximate surface area is 138 Å². The lowest BCUT2D eigenvalue weighted by Gasteiger charge is -2.07. The van der Waals surface area contributed by atoms with Crippen LogP contribution in [-0.4, -0.2) is 10.9 Å². The first-order valence-electron chi connectivity index (χ1n) is 7.70. The highest BCUT2D eigenvalue weighted by atomic mass is 19.1. The van der Waals surface area contributed by atoms with Crippen LogP contribution in [-0.2, 0) is 11.2 Å². The average molecular weight is 324 g/mol. The third kappa shape index (κ3) is 3.35. The van der Waals surface area contributed by atoms with Gasteiger partial charge in [0.15, 0.2) is 0 Å². The molecule has 4 nitrogen and oxygen atoms in total. The highest BCUT2D eigenvalue weighted by molar-refractivity contribution is 5.91. The zero-order chi connectivity index (χ0) is 17.1. The lowest BCUT2D eigenvalue weighted by Crippen LogP contribution is -2.17. The fourth-order valence-electron chi connectivity index (χ4n) is 2.64. The van der Waals surface area contributed by atoms with E-state index in [1.165, 1.54) is 12.1 Å². The van der Waals surface area contributed by atoms with Gasteiger partial charge in [0, 0.05) is 12.0 Å². The molecule has 3 rings (SSSR count). The summed E-state index contributed by atoms with van der Waals surface area (Å²) >= 11 is 0. The number of carbonyl (C=O) groups is 1. The summed E-state index contributed by atoms with van der Waals surface area (Å²) in [5.74, 6) is -0.811. The lowest BCUT2D eigenvalue weighted by molar-refractivity contribution is -0.116. The van der Waals surface area contributed by atoms with Gasteiger partial charge in [-0.3, -0.25) is 9.59 Å². The summed E-state index contributed by atoms with van der Waals surface area (Å²) in [4.78, 5) is 27.0. The average Bonchev–Trinajstić information content (AvgIpc) is 2.56. The number of pyridine rings is 1. The number of amides is 1. The molecule has 1 amide bonds. The number of para-hydroxylation sites is 2. The van der Waals surface area contributed by atoms with E-state index in [9.17, 15) is 14.0 Å². The zero-order valence-corrected chi connectivity index (χ0v) is 13.2. The summed E-state index contributed by atoms with van der Waals surface area (Å²) in [5, 5.41) is 3.45. The Balaban J connectivity index is 1.74. The van der Waals surface area contributed by atoms with E-state index in [0.29, 0.717) is 12.0 Å². The van der Waals surface area contributed by atoms with Gasteiger partial charge < -0.3 is 10.3 Å². The van der Waals surface area contributed by atoms with Crippen LogP contribution in [0.4, 0.5) is 10.1 Å². The van der Waals surface area contributed by atoms with E-state index < -0.39 is 5.82 Å². The van der Waals surface area contributed by atoms with Crippen LogP contribution in [0.3, 0.4) is 0 Å². The summed E-state index contributed by atoms with van der Waals surface area (Å²) in [6.07, 6.45) is 0.397. The number of nitrogens with one attached hydrogen (secondary N) is 2. The standard InChI is InChI=1S/C19H17FN2O2/c1-12-5-4-6-13-11-14(19(24)22-18(12)13)9-10-17(23)21-16-8-3-2-7-15(16)20/h2-8,11H,9-10H2,1H3,(H,21,23)(H,22,24). The second kappa shape index (κ2) is 6.66. The van der Waals surface area contributed by atoms with Crippen LogP contribution in [0.5, 0.6) is 0 Å². The Bertz CT molecular complexity index is 963. The summed E-state index contributed by atoms with van der Waals surface area (Å²) in [5.41, 5.74) is 2.29. The number of aryl methyl sites for hydroxylation is 2. The third-order valence-electron chi connectivity index (χ3n) is 3.93. The number of hydrogen-bond acceptors (Lipinski definition) is 2. The second-order valence-corrected chi connectivity index (χ2v) is 5.69. The van der Waals surface area contributed by atoms with Gasteiger partial charge >= 0.3 is 0 Å². The highest BCUT2D eigenvalue weighted by Crippen LogP contribution is 2.16. The molecule has 5 heteroatoms. The van der Waals surface area contributed by atoms with Gasteiger partial charge in [-0.05, 0) is 42.5 Å². The van der Waals surface area contributed by atoms with Crippen molar-refractivity contribution >= 4 is 22.5 Å². The van der Waals surface area contributed by atoms with Crippen molar-refractivity contribution in [2.24, 2.45) is 0 Å². The molecule has 0 fully saturated rings. The SMILES string of the molecule is Cc1cccc2cc(CCC(=O)Nc3ccccc3F)c(=O)[nH]c12. The molecule has 0 atom stereocenters. The van der Waals surface area contributed by atoms with E-state index in [0.717, 1.165) is 16.5 Å². The minimum Gasteiger partial charge on any atom is -0.324 e. The number of fused-ring (bicyclic) bond motifs is 1. The van der Waals surface area contributed by atoms with Gasteiger partial charge in [0.05, 0.1) is 11.2 Å². The molecule has 2 N–H and O–H groups in total. The van der Waals surface area contributed by atoms with Crippen molar-refractivity contribution in [3.63, 3.8) is 0 Å². The number of aromatic nitrogens is 1. The Morgan fingerprint density at radius 2 is 1.96 bits per heavy atom. The molecule has 24 heavy (non-hydrogen) atoms. The second-order valence-electron chi connectivity index (χ2n) is 5.69. The van der Waals surface area contributed by atoms with Crippen molar-refractivity contribution in [1.29, 1.82) is 0 Å². The van der Waals surface area contributed by atoms with Crippen LogP contribution >= 0.6 is 0 Å². The molecule has 0 radical (unpaired) electrons. The molecule has 0 aliphatic rings. The molecular weight excluding hydrogens is 307 g/mol. The molecule has 1 aromatic heterocycles. The van der Waals surface area contributed by atoms with Gasteiger partial charge in [-0.25, -0.2) is 4.39 Å². The number of benzene rings is 2. The Morgan fingerprint density at radius 3 is 2.75 bits per heavy atom. The molecule has 0 aliphatic carbocycles. The molecular formula is C19H17FN2O2. The van der Waals surface area contributed by atoms with E-state index >= 15 is 0 Å². The maximum atomic E-state index is 13.5. The molecule has 0 bridgehead atoms. The van der Waals surface area contributed by atoms with Crippen LogP contribution in [0.25, 0.3) is 10.9 Å². The predicted molar refractivity (Wildman–Crippen MR) is 92.7 cm³/mol. The fourth-order valence-corrected chi connectivity index (χ4v) is 2.64. The smallest absolute Gasteiger partial charge is 0.251 e. The van der Waals surface area contributed by atoms with Crippen LogP contribution in [0.1, 0.15) is 17.5 Å². The normalized spacial score (nSPS) is 10.8. The topological polar surface area (TPSA) is 62.0 Å². The van der Waals surface area contributed by atoms with Crippen molar-refractivity contribution in [1.82, 2.24) is 4.98 Å². The lowest BCUT2D eigenvalue weighted by atomic mass is 10.1. The molecule has 0 spiro atoms. The number of anilines is 1. The summed E-state index contributed by atoms with van der Waals surface area (Å²) in [7, 11) is 0. The number of aromatic amines is 1. The molecule has 0 saturated heterocycles. The molecule has 122 valence electrons. The number of hydrogen-bond donors (Lipinski definition) is 2. The van der Waals surface area contributed by atoms with Gasteiger partial charge in [-0.15, -0.1) is 0 Å². The first kappa shape index (κ1) is 15.9. The van der Waals surface area contributed by atoms with Gasteiger partial charge in [0.2, 0.25) is 5.91 Å². The van der Waals surface area contributed by atoms with Crippen molar-refractivity contribution in [2.45, 2.75) is 19.8 Å². The Hall–Kier alpha value is -2.95. The first-order valence-corrected chi connectivity index (χ1v) is 7.70. The maximum absolute atomic E-state index is 13.5. The zero-order valence-electron chi connectivity index (χ0n) is 13.2. The monoisotopic (exact) mass is 324 g/mol. The molecule has 0 aliphatic heterocycles. The van der Waals surface area contributed by atoms with E-state index in [1.807, 2.05) is 25.1 Å². The van der Waals surface area contributed by atoms with E-state index in [4.69, 9.17) is 0 Å². The van der Waals surface area contributed by atoms with Crippen LogP contribution in [0.2, 0.25) is 0 Å². The maximum Gasteiger partial charge on any atom is 0.251 e. The fraction of sp³-hybridized carbons (Fsp3) is 0.158. The highest BCUT2D eigenvalue weighted by Gasteiger charge is 2.09. The van der Waals surface area contributed by atoms with Crippen molar-refractivity contribution in [3.8, 4) is 0 Å². The minimum absolute atomic E-state index is 0.106. The van der Waals surface area contributed by atoms with Gasteiger partial charge in [0.1, 0.15) is 5.82 Å². The third-order valence-corrected chi connectivity index (χ3v) is 3.93. The van der Waals surface area contributed by atoms with Gasteiger partial charge in [0.25, 0.3) is 5.56 Å². The molecule has 0 saturated carbocycles. The number of rotatable bonds is 4. The molecule has 2 aromatic carbocycles. The summed E-state index contributed by atoms with van der Waals surface area (Å²) in [6, 6.07) is 13.6. The largest absolute Gasteiger partial charge is 0.324 e. The van der Waals surface area contributed by atoms with Crippen LogP contribution < -0.4 is 10.9 Å². The number of carbonyl (C=O) groups excluding carboxylic acids is 1. The van der Waals surface area contributed by atoms with Crippen LogP contribution in [0, 0.1) is 12.7 Å². The summed E-state index contributed by atoms with van der Waals surface area (Å²) < 4.78 is 13.5. The Morgan fingerprint density at radius 1 is 1.17 bits per heavy atom. The van der Waals surface area contributed by atoms with Gasteiger partial charge in [-0.1, -0.05) is 30.3 Å². The quantitative estimate of drug-likeness (QED) is 0.771. The van der Waals surface area contributed by atoms with Crippen LogP contribution in [0.15, 0.2) is 53.3 Å². The Kier molecular flexibility index (Phi) is 4.42. The van der Waals surface area contributed by atoms with Gasteiger partial charge in [-0.2, -0.15) is 0 Å². The predicted octanol–water partition coefficient (Wildman–Crippen LogP) is 3.55. The van der Waals surface area contributed by atoms with Crippen molar-refractivity contribution in [2.75, 3.05) is 5.32 Å². The summed E-state index contributed by atoms with van der Waals surface area (Å²) in [6.45, 7) is 1.93. The molecule has 0 unspecified atom stereocenters. The first-order chi connectivity index (χ1) is 11.5. The minimum atomic E-state index is -0.482. The molecule has 1 heterocycles. The van der Waals surface area contributed by atoms with Crippen molar-refractivity contribution < 1.29 is 9.18 Å². The number of halogens is 1. The van der Waals surface area contributed by atoms with E-state index in [2.05, 4.69) is 10.3 Å².